The van der Waals surface area contributed by atoms with Crippen molar-refractivity contribution >= 4 is 21.6 Å². The normalized spacial score (nSPS) is 35.0. The van der Waals surface area contributed by atoms with Crippen LogP contribution in [-0.2, 0) is 19.3 Å². The Morgan fingerprint density at radius 1 is 0.975 bits per heavy atom. The molecule has 2 saturated carbocycles. The zero-order valence-corrected chi connectivity index (χ0v) is 26.5. The van der Waals surface area contributed by atoms with Gasteiger partial charge in [0, 0.05) is 11.5 Å². The van der Waals surface area contributed by atoms with Crippen LogP contribution in [0.2, 0.25) is 0 Å². The molecule has 3 aliphatic carbocycles. The van der Waals surface area contributed by atoms with Gasteiger partial charge in [0.1, 0.15) is 5.75 Å². The number of benzene rings is 2. The molecule has 7 unspecified atom stereocenters. The molecule has 1 N–H and O–H groups in total. The van der Waals surface area contributed by atoms with Crippen LogP contribution in [0.15, 0.2) is 54.6 Å². The Morgan fingerprint density at radius 2 is 1.80 bits per heavy atom. The standard InChI is InChI=1S/C37H50OS2/c1-3-27-12-13-31-9-4-5-10-32(31)17-28-16-29(21-34(38)20-28)18-33-19-30(25-40-39-24-27)22-36-35(33)11-7-15-37(36)14-6-8-26(2)23-37/h4-6,9-10,14,16,20-21,26-27,30,33,35-36,38H,3,7-8,11-13,15,17-19,22-25H2,1-2H3. The second kappa shape index (κ2) is 12.9. The van der Waals surface area contributed by atoms with Crippen LogP contribution in [0.25, 0.3) is 0 Å². The molecule has 7 atom stereocenters. The van der Waals surface area contributed by atoms with Gasteiger partial charge < -0.3 is 5.11 Å². The van der Waals surface area contributed by atoms with E-state index in [0.29, 0.717) is 11.2 Å². The minimum Gasteiger partial charge on any atom is -0.508 e. The predicted molar refractivity (Wildman–Crippen MR) is 175 cm³/mol. The summed E-state index contributed by atoms with van der Waals surface area (Å²) >= 11 is 0. The summed E-state index contributed by atoms with van der Waals surface area (Å²) in [5.74, 6) is 7.87. The average Bonchev–Trinajstić information content (AvgIpc) is 2.93. The fraction of sp³-hybridized carbons (Fsp3) is 0.622. The Bertz CT molecular complexity index is 1170. The van der Waals surface area contributed by atoms with E-state index in [9.17, 15) is 5.11 Å². The highest BCUT2D eigenvalue weighted by molar-refractivity contribution is 8.76. The van der Waals surface area contributed by atoms with Gasteiger partial charge in [0.15, 0.2) is 0 Å². The van der Waals surface area contributed by atoms with Gasteiger partial charge in [-0.15, -0.1) is 0 Å². The number of phenols is 1. The van der Waals surface area contributed by atoms with E-state index in [4.69, 9.17) is 0 Å². The molecular formula is C37H50OS2. The maximum absolute atomic E-state index is 10.9. The maximum Gasteiger partial charge on any atom is 0.116 e. The molecule has 1 aliphatic heterocycles. The number of hydrogen-bond donors (Lipinski definition) is 1. The van der Waals surface area contributed by atoms with Crippen LogP contribution in [0.4, 0.5) is 0 Å². The number of hydrogen-bond acceptors (Lipinski definition) is 3. The lowest BCUT2D eigenvalue weighted by molar-refractivity contribution is -0.0224. The molecule has 2 aromatic carbocycles. The summed E-state index contributed by atoms with van der Waals surface area (Å²) in [5, 5.41) is 10.9. The van der Waals surface area contributed by atoms with Crippen molar-refractivity contribution in [3.63, 3.8) is 0 Å². The van der Waals surface area contributed by atoms with Crippen molar-refractivity contribution in [2.24, 2.45) is 40.9 Å². The second-order valence-electron chi connectivity index (χ2n) is 14.0. The molecule has 6 rings (SSSR count). The summed E-state index contributed by atoms with van der Waals surface area (Å²) < 4.78 is 0. The highest BCUT2D eigenvalue weighted by atomic mass is 33.1. The monoisotopic (exact) mass is 574 g/mol. The SMILES string of the molecule is CCC1CCc2ccccc2Cc2cc(O)cc(c2)CC2CC(CSSC1)CC1C2CCCC12C=CCC(C)C2. The third-order valence-electron chi connectivity index (χ3n) is 11.1. The van der Waals surface area contributed by atoms with E-state index in [2.05, 4.69) is 84.0 Å². The summed E-state index contributed by atoms with van der Waals surface area (Å²) in [6, 6.07) is 15.6. The molecule has 2 aromatic rings. The number of fused-ring (bicyclic) bond motifs is 8. The second-order valence-corrected chi connectivity index (χ2v) is 16.5. The van der Waals surface area contributed by atoms with Crippen molar-refractivity contribution < 1.29 is 5.11 Å². The molecule has 4 bridgehead atoms. The maximum atomic E-state index is 10.9. The van der Waals surface area contributed by atoms with Crippen molar-refractivity contribution in [1.29, 1.82) is 0 Å². The summed E-state index contributed by atoms with van der Waals surface area (Å²) in [7, 11) is 4.35. The quantitative estimate of drug-likeness (QED) is 0.270. The minimum atomic E-state index is 0.440. The van der Waals surface area contributed by atoms with Gasteiger partial charge in [-0.2, -0.15) is 0 Å². The smallest absolute Gasteiger partial charge is 0.116 e. The Hall–Kier alpha value is -1.32. The molecular weight excluding hydrogens is 525 g/mol. The predicted octanol–water partition coefficient (Wildman–Crippen LogP) is 10.3. The topological polar surface area (TPSA) is 20.2 Å². The van der Waals surface area contributed by atoms with Crippen LogP contribution < -0.4 is 0 Å². The Labute approximate surface area is 251 Å². The Kier molecular flexibility index (Phi) is 9.29. The average molecular weight is 575 g/mol. The fourth-order valence-electron chi connectivity index (χ4n) is 9.19. The van der Waals surface area contributed by atoms with Gasteiger partial charge >= 0.3 is 0 Å². The number of allylic oxidation sites excluding steroid dienone is 2. The molecule has 0 aromatic heterocycles. The van der Waals surface area contributed by atoms with Crippen LogP contribution in [-0.4, -0.2) is 16.6 Å². The lowest BCUT2D eigenvalue weighted by atomic mass is 9.50. The molecule has 2 fully saturated rings. The van der Waals surface area contributed by atoms with E-state index in [1.807, 2.05) is 6.07 Å². The fourth-order valence-corrected chi connectivity index (χ4v) is 12.2. The molecule has 0 amide bonds. The molecule has 4 aliphatic rings. The van der Waals surface area contributed by atoms with Gasteiger partial charge in [0.25, 0.3) is 0 Å². The first-order chi connectivity index (χ1) is 19.5. The number of phenolic OH excluding ortho intramolecular Hbond substituents is 1. The number of aryl methyl sites for hydroxylation is 1. The van der Waals surface area contributed by atoms with Crippen LogP contribution in [0, 0.1) is 40.9 Å². The first-order valence-corrected chi connectivity index (χ1v) is 18.8. The molecule has 0 saturated heterocycles. The lowest BCUT2D eigenvalue weighted by Gasteiger charge is -2.55. The van der Waals surface area contributed by atoms with Crippen LogP contribution in [0.5, 0.6) is 5.75 Å². The van der Waals surface area contributed by atoms with E-state index in [1.54, 1.807) is 0 Å². The highest BCUT2D eigenvalue weighted by Crippen LogP contribution is 2.59. The van der Waals surface area contributed by atoms with Crippen molar-refractivity contribution in [3.8, 4) is 5.75 Å². The van der Waals surface area contributed by atoms with E-state index >= 15 is 0 Å². The van der Waals surface area contributed by atoms with Gasteiger partial charge in [0.2, 0.25) is 0 Å². The van der Waals surface area contributed by atoms with Gasteiger partial charge in [-0.1, -0.05) is 90.8 Å². The van der Waals surface area contributed by atoms with Gasteiger partial charge in [-0.3, -0.25) is 0 Å². The van der Waals surface area contributed by atoms with Crippen LogP contribution in [0.1, 0.15) is 93.9 Å². The summed E-state index contributed by atoms with van der Waals surface area (Å²) in [5.41, 5.74) is 6.01. The number of rotatable bonds is 1. The Morgan fingerprint density at radius 3 is 2.65 bits per heavy atom. The number of aromatic hydroxyl groups is 1. The zero-order chi connectivity index (χ0) is 27.5. The van der Waals surface area contributed by atoms with Gasteiger partial charge in [-0.25, -0.2) is 0 Å². The van der Waals surface area contributed by atoms with Crippen molar-refractivity contribution in [2.45, 2.75) is 90.9 Å². The molecule has 216 valence electrons. The van der Waals surface area contributed by atoms with Crippen LogP contribution >= 0.6 is 21.6 Å². The summed E-state index contributed by atoms with van der Waals surface area (Å²) in [4.78, 5) is 0. The first kappa shape index (κ1) is 28.8. The summed E-state index contributed by atoms with van der Waals surface area (Å²) in [6.45, 7) is 4.87. The highest BCUT2D eigenvalue weighted by Gasteiger charge is 2.50. The molecule has 3 heteroatoms. The van der Waals surface area contributed by atoms with Crippen molar-refractivity contribution in [1.82, 2.24) is 0 Å². The molecule has 1 heterocycles. The van der Waals surface area contributed by atoms with E-state index < -0.39 is 0 Å². The molecule has 40 heavy (non-hydrogen) atoms. The largest absolute Gasteiger partial charge is 0.508 e. The van der Waals surface area contributed by atoms with Gasteiger partial charge in [-0.05, 0) is 140 Å². The third-order valence-corrected chi connectivity index (χ3v) is 13.8. The molecule has 1 nitrogen and oxygen atoms in total. The van der Waals surface area contributed by atoms with E-state index in [1.165, 1.54) is 91.5 Å². The van der Waals surface area contributed by atoms with Crippen LogP contribution in [0.3, 0.4) is 0 Å². The van der Waals surface area contributed by atoms with E-state index in [-0.39, 0.29) is 0 Å². The van der Waals surface area contributed by atoms with E-state index in [0.717, 1.165) is 54.8 Å². The minimum absolute atomic E-state index is 0.440. The van der Waals surface area contributed by atoms with Gasteiger partial charge in [0.05, 0.1) is 0 Å². The third kappa shape index (κ3) is 6.51. The first-order valence-electron chi connectivity index (χ1n) is 16.3. The van der Waals surface area contributed by atoms with Crippen molar-refractivity contribution in [2.75, 3.05) is 11.5 Å². The summed E-state index contributed by atoms with van der Waals surface area (Å²) in [6.07, 6.45) is 20.7. The van der Waals surface area contributed by atoms with Crippen molar-refractivity contribution in [3.05, 3.63) is 76.9 Å². The zero-order valence-electron chi connectivity index (χ0n) is 24.8. The lowest BCUT2D eigenvalue weighted by Crippen LogP contribution is -2.47. The molecule has 0 radical (unpaired) electrons. The Balaban J connectivity index is 1.33. The molecule has 1 spiro atoms.